The fourth-order valence-corrected chi connectivity index (χ4v) is 4.13. The maximum atomic E-state index is 12.8. The highest BCUT2D eigenvalue weighted by atomic mass is 35.5. The van der Waals surface area contributed by atoms with Crippen LogP contribution in [0.25, 0.3) is 0 Å². The number of hydrogen-bond donors (Lipinski definition) is 0. The zero-order valence-corrected chi connectivity index (χ0v) is 17.0. The first-order chi connectivity index (χ1) is 13.6. The average molecular weight is 404 g/mol. The van der Waals surface area contributed by atoms with Gasteiger partial charge in [0.25, 0.3) is 0 Å². The van der Waals surface area contributed by atoms with Gasteiger partial charge in [-0.3, -0.25) is 4.79 Å². The minimum atomic E-state index is -0.187. The van der Waals surface area contributed by atoms with E-state index in [0.29, 0.717) is 37.1 Å². The molecule has 4 rings (SSSR count). The summed E-state index contributed by atoms with van der Waals surface area (Å²) in [5.41, 5.74) is 0.686. The molecule has 0 unspecified atom stereocenters. The van der Waals surface area contributed by atoms with Gasteiger partial charge >= 0.3 is 0 Å². The fraction of sp³-hybridized carbons (Fsp3) is 0.571. The number of halogens is 1. The van der Waals surface area contributed by atoms with Gasteiger partial charge in [-0.25, -0.2) is 0 Å². The predicted molar refractivity (Wildman–Crippen MR) is 105 cm³/mol. The first kappa shape index (κ1) is 19.4. The Morgan fingerprint density at radius 3 is 2.75 bits per heavy atom. The zero-order chi connectivity index (χ0) is 19.6. The highest BCUT2D eigenvalue weighted by Gasteiger charge is 2.42. The normalized spacial score (nSPS) is 19.0. The molecule has 6 nitrogen and oxygen atoms in total. The summed E-state index contributed by atoms with van der Waals surface area (Å²) >= 11 is 6.21. The van der Waals surface area contributed by atoms with E-state index >= 15 is 0 Å². The van der Waals surface area contributed by atoms with Crippen LogP contribution >= 0.6 is 11.6 Å². The molecule has 28 heavy (non-hydrogen) atoms. The maximum absolute atomic E-state index is 12.8. The molecule has 2 fully saturated rings. The minimum absolute atomic E-state index is 0.111. The first-order valence-electron chi connectivity index (χ1n) is 9.95. The number of likely N-dealkylation sites (tertiary alicyclic amines) is 1. The van der Waals surface area contributed by atoms with Crippen molar-refractivity contribution in [2.24, 2.45) is 0 Å². The van der Waals surface area contributed by atoms with Gasteiger partial charge in [-0.05, 0) is 43.7 Å². The lowest BCUT2D eigenvalue weighted by atomic mass is 9.75. The minimum Gasteiger partial charge on any atom is -0.385 e. The molecule has 1 aromatic heterocycles. The van der Waals surface area contributed by atoms with Crippen molar-refractivity contribution in [3.8, 4) is 0 Å². The molecule has 1 saturated heterocycles. The Morgan fingerprint density at radius 2 is 2.07 bits per heavy atom. The summed E-state index contributed by atoms with van der Waals surface area (Å²) in [7, 11) is 1.71. The third-order valence-electron chi connectivity index (χ3n) is 6.00. The molecule has 1 aliphatic heterocycles. The Morgan fingerprint density at radius 1 is 1.32 bits per heavy atom. The highest BCUT2D eigenvalue weighted by molar-refractivity contribution is 6.31. The van der Waals surface area contributed by atoms with E-state index in [-0.39, 0.29) is 11.3 Å². The van der Waals surface area contributed by atoms with Crippen LogP contribution in [-0.4, -0.2) is 47.8 Å². The lowest BCUT2D eigenvalue weighted by Crippen LogP contribution is -2.46. The Kier molecular flexibility index (Phi) is 5.69. The lowest BCUT2D eigenvalue weighted by Gasteiger charge is -2.40. The van der Waals surface area contributed by atoms with Gasteiger partial charge in [0.15, 0.2) is 5.82 Å². The van der Waals surface area contributed by atoms with Crippen LogP contribution in [0, 0.1) is 0 Å². The van der Waals surface area contributed by atoms with Crippen LogP contribution in [0.3, 0.4) is 0 Å². The number of carbonyl (C=O) groups is 1. The Hall–Kier alpha value is -1.92. The van der Waals surface area contributed by atoms with Gasteiger partial charge in [-0.1, -0.05) is 35.0 Å². The summed E-state index contributed by atoms with van der Waals surface area (Å²) < 4.78 is 10.9. The van der Waals surface area contributed by atoms with Crippen molar-refractivity contribution < 1.29 is 14.1 Å². The summed E-state index contributed by atoms with van der Waals surface area (Å²) in [6.45, 7) is 2.00. The molecular formula is C21H26ClN3O3. The van der Waals surface area contributed by atoms with Gasteiger partial charge in [0.05, 0.1) is 6.42 Å². The second-order valence-corrected chi connectivity index (χ2v) is 8.31. The van der Waals surface area contributed by atoms with Gasteiger partial charge in [0, 0.05) is 43.2 Å². The topological polar surface area (TPSA) is 68.5 Å². The van der Waals surface area contributed by atoms with Crippen LogP contribution in [0.15, 0.2) is 28.8 Å². The van der Waals surface area contributed by atoms with Gasteiger partial charge < -0.3 is 14.2 Å². The Bertz CT molecular complexity index is 826. The molecule has 1 amide bonds. The quantitative estimate of drug-likeness (QED) is 0.704. The van der Waals surface area contributed by atoms with Crippen molar-refractivity contribution in [3.05, 3.63) is 46.6 Å². The van der Waals surface area contributed by atoms with Crippen molar-refractivity contribution in [1.29, 1.82) is 0 Å². The second kappa shape index (κ2) is 8.21. The molecule has 2 aliphatic rings. The van der Waals surface area contributed by atoms with Gasteiger partial charge in [0.1, 0.15) is 0 Å². The van der Waals surface area contributed by atoms with E-state index in [1.807, 2.05) is 29.2 Å². The number of rotatable bonds is 7. The fourth-order valence-electron chi connectivity index (χ4n) is 3.93. The number of nitrogens with zero attached hydrogens (tertiary/aromatic N) is 3. The lowest BCUT2D eigenvalue weighted by molar-refractivity contribution is -0.132. The van der Waals surface area contributed by atoms with Crippen LogP contribution in [0.2, 0.25) is 5.02 Å². The number of ether oxygens (including phenoxy) is 1. The van der Waals surface area contributed by atoms with Gasteiger partial charge in [0.2, 0.25) is 11.8 Å². The van der Waals surface area contributed by atoms with E-state index < -0.39 is 0 Å². The van der Waals surface area contributed by atoms with Crippen LogP contribution < -0.4 is 0 Å². The Balaban J connectivity index is 1.44. The molecule has 1 aromatic carbocycles. The monoisotopic (exact) mass is 403 g/mol. The molecule has 7 heteroatoms. The molecule has 2 heterocycles. The summed E-state index contributed by atoms with van der Waals surface area (Å²) in [5, 5.41) is 4.95. The van der Waals surface area contributed by atoms with E-state index in [1.54, 1.807) is 7.11 Å². The number of benzene rings is 1. The molecule has 0 spiro atoms. The van der Waals surface area contributed by atoms with Crippen LogP contribution in [0.4, 0.5) is 0 Å². The van der Waals surface area contributed by atoms with Crippen molar-refractivity contribution in [2.45, 2.75) is 49.9 Å². The number of carbonyl (C=O) groups excluding carboxylic acids is 1. The van der Waals surface area contributed by atoms with Crippen LogP contribution in [-0.2, 0) is 21.4 Å². The zero-order valence-electron chi connectivity index (χ0n) is 16.2. The number of methoxy groups -OCH3 is 1. The van der Waals surface area contributed by atoms with Crippen molar-refractivity contribution >= 4 is 17.5 Å². The molecule has 0 radical (unpaired) electrons. The second-order valence-electron chi connectivity index (χ2n) is 7.90. The van der Waals surface area contributed by atoms with Gasteiger partial charge in [-0.15, -0.1) is 0 Å². The molecular weight excluding hydrogens is 378 g/mol. The predicted octanol–water partition coefficient (Wildman–Crippen LogP) is 3.74. The largest absolute Gasteiger partial charge is 0.385 e. The van der Waals surface area contributed by atoms with Crippen molar-refractivity contribution in [2.75, 3.05) is 26.8 Å². The van der Waals surface area contributed by atoms with E-state index in [9.17, 15) is 4.79 Å². The molecule has 0 atom stereocenters. The van der Waals surface area contributed by atoms with Crippen molar-refractivity contribution in [3.63, 3.8) is 0 Å². The number of piperidine rings is 1. The third-order valence-corrected chi connectivity index (χ3v) is 6.37. The SMILES string of the molecule is COCCC1(c2noc(C3CC3)n2)CCN(C(=O)Cc2ccccc2Cl)CC1. The van der Waals surface area contributed by atoms with Crippen LogP contribution in [0.1, 0.15) is 55.3 Å². The summed E-state index contributed by atoms with van der Waals surface area (Å²) in [6.07, 6.45) is 5.06. The molecule has 0 N–H and O–H groups in total. The third kappa shape index (κ3) is 4.08. The van der Waals surface area contributed by atoms with Crippen molar-refractivity contribution in [1.82, 2.24) is 15.0 Å². The standard InChI is InChI=1S/C21H26ClN3O3/c1-27-13-10-21(20-23-19(28-24-20)15-6-7-15)8-11-25(12-9-21)18(26)14-16-4-2-3-5-17(16)22/h2-5,15H,6-14H2,1H3. The smallest absolute Gasteiger partial charge is 0.229 e. The molecule has 1 aliphatic carbocycles. The van der Waals surface area contributed by atoms with E-state index in [4.69, 9.17) is 25.8 Å². The Labute approximate surface area is 170 Å². The van der Waals surface area contributed by atoms with E-state index in [0.717, 1.165) is 49.4 Å². The van der Waals surface area contributed by atoms with Gasteiger partial charge in [-0.2, -0.15) is 4.98 Å². The molecule has 0 bridgehead atoms. The van der Waals surface area contributed by atoms with Crippen LogP contribution in [0.5, 0.6) is 0 Å². The molecule has 150 valence electrons. The number of aromatic nitrogens is 2. The average Bonchev–Trinajstić information content (AvgIpc) is 3.45. The molecule has 1 saturated carbocycles. The van der Waals surface area contributed by atoms with E-state index in [2.05, 4.69) is 5.16 Å². The number of hydrogen-bond acceptors (Lipinski definition) is 5. The highest BCUT2D eigenvalue weighted by Crippen LogP contribution is 2.42. The number of amides is 1. The maximum Gasteiger partial charge on any atom is 0.229 e. The summed E-state index contributed by atoms with van der Waals surface area (Å²) in [4.78, 5) is 19.4. The first-order valence-corrected chi connectivity index (χ1v) is 10.3. The van der Waals surface area contributed by atoms with E-state index in [1.165, 1.54) is 0 Å². The summed E-state index contributed by atoms with van der Waals surface area (Å²) in [5.74, 6) is 2.10. The molecule has 2 aromatic rings. The summed E-state index contributed by atoms with van der Waals surface area (Å²) in [6, 6.07) is 7.52.